The molecule has 0 aliphatic heterocycles. The van der Waals surface area contributed by atoms with Gasteiger partial charge in [-0.05, 0) is 19.8 Å². The van der Waals surface area contributed by atoms with E-state index in [1.165, 1.54) is 0 Å². The Kier molecular flexibility index (Phi) is 3.85. The van der Waals surface area contributed by atoms with Crippen molar-refractivity contribution in [2.75, 3.05) is 5.33 Å². The molecule has 0 radical (unpaired) electrons. The number of alkyl halides is 1. The fourth-order valence-corrected chi connectivity index (χ4v) is 4.69. The van der Waals surface area contributed by atoms with Crippen LogP contribution in [0.5, 0.6) is 0 Å². The largest absolute Gasteiger partial charge is 0.337 e. The summed E-state index contributed by atoms with van der Waals surface area (Å²) in [6.45, 7) is 1.79. The van der Waals surface area contributed by atoms with E-state index in [9.17, 15) is 8.42 Å². The quantitative estimate of drug-likeness (QED) is 0.852. The first-order valence-corrected chi connectivity index (χ1v) is 8.59. The van der Waals surface area contributed by atoms with Gasteiger partial charge in [-0.15, -0.1) is 0 Å². The monoisotopic (exact) mass is 335 g/mol. The van der Waals surface area contributed by atoms with E-state index in [-0.39, 0.29) is 10.6 Å². The number of sulfonamides is 1. The van der Waals surface area contributed by atoms with Gasteiger partial charge in [-0.3, -0.25) is 0 Å². The summed E-state index contributed by atoms with van der Waals surface area (Å²) in [7, 11) is -1.74. The Morgan fingerprint density at radius 3 is 2.56 bits per heavy atom. The van der Waals surface area contributed by atoms with Crippen molar-refractivity contribution < 1.29 is 8.42 Å². The molecule has 0 aromatic carbocycles. The molecule has 1 aromatic heterocycles. The summed E-state index contributed by atoms with van der Waals surface area (Å²) in [5.74, 6) is 0.690. The third-order valence-electron chi connectivity index (χ3n) is 3.53. The molecule has 5 nitrogen and oxygen atoms in total. The molecule has 0 spiro atoms. The maximum Gasteiger partial charge on any atom is 0.260 e. The molecule has 1 aromatic rings. The summed E-state index contributed by atoms with van der Waals surface area (Å²) in [5, 5.41) is 0.750. The molecular weight excluding hydrogens is 318 g/mol. The van der Waals surface area contributed by atoms with Gasteiger partial charge in [-0.2, -0.15) is 0 Å². The summed E-state index contributed by atoms with van der Waals surface area (Å²) in [6.07, 6.45) is 5.44. The third kappa shape index (κ3) is 2.62. The van der Waals surface area contributed by atoms with Crippen molar-refractivity contribution in [3.8, 4) is 0 Å². The Hall–Kier alpha value is -0.400. The van der Waals surface area contributed by atoms with Crippen molar-refractivity contribution in [3.05, 3.63) is 12.0 Å². The predicted molar refractivity (Wildman–Crippen MR) is 73.3 cm³/mol. The Labute approximate surface area is 116 Å². The first kappa shape index (κ1) is 14.0. The van der Waals surface area contributed by atoms with Crippen molar-refractivity contribution in [1.82, 2.24) is 14.3 Å². The van der Waals surface area contributed by atoms with Crippen molar-refractivity contribution in [1.29, 1.82) is 0 Å². The van der Waals surface area contributed by atoms with Gasteiger partial charge in [0, 0.05) is 24.1 Å². The zero-order valence-electron chi connectivity index (χ0n) is 10.6. The number of hydrogen-bond donors (Lipinski definition) is 1. The molecule has 0 saturated heterocycles. The van der Waals surface area contributed by atoms with Crippen LogP contribution in [0.1, 0.15) is 31.5 Å². The summed E-state index contributed by atoms with van der Waals surface area (Å²) >= 11 is 3.43. The number of nitrogens with one attached hydrogen (secondary N) is 1. The van der Waals surface area contributed by atoms with E-state index < -0.39 is 10.0 Å². The van der Waals surface area contributed by atoms with Crippen molar-refractivity contribution in [2.24, 2.45) is 7.05 Å². The second-order valence-corrected chi connectivity index (χ2v) is 7.15. The molecule has 0 bridgehead atoms. The van der Waals surface area contributed by atoms with Crippen molar-refractivity contribution >= 4 is 26.0 Å². The first-order chi connectivity index (χ1) is 8.38. The van der Waals surface area contributed by atoms with E-state index in [0.29, 0.717) is 11.2 Å². The number of rotatable bonds is 4. The van der Waals surface area contributed by atoms with Crippen LogP contribution in [0.2, 0.25) is 0 Å². The summed E-state index contributed by atoms with van der Waals surface area (Å²) in [6, 6.07) is 0. The standard InChI is InChI=1S/C11H18BrN3O2S/c1-9-13-10(7-15(9)2)18(16,17)14-11(8-12)5-3-4-6-11/h7,14H,3-6,8H2,1-2H3. The highest BCUT2D eigenvalue weighted by Crippen LogP contribution is 2.32. The van der Waals surface area contributed by atoms with Crippen LogP contribution in [0.4, 0.5) is 0 Å². The average molecular weight is 336 g/mol. The fraction of sp³-hybridized carbons (Fsp3) is 0.727. The molecule has 2 rings (SSSR count). The maximum absolute atomic E-state index is 12.3. The minimum atomic E-state index is -3.53. The van der Waals surface area contributed by atoms with Crippen LogP contribution in [0.25, 0.3) is 0 Å². The highest BCUT2D eigenvalue weighted by Gasteiger charge is 2.37. The fourth-order valence-electron chi connectivity index (χ4n) is 2.31. The summed E-state index contributed by atoms with van der Waals surface area (Å²) < 4.78 is 29.2. The Balaban J connectivity index is 2.26. The lowest BCUT2D eigenvalue weighted by Gasteiger charge is -2.27. The van der Waals surface area contributed by atoms with Gasteiger partial charge in [0.2, 0.25) is 0 Å². The lowest BCUT2D eigenvalue weighted by atomic mass is 10.0. The number of aryl methyl sites for hydroxylation is 2. The van der Waals surface area contributed by atoms with E-state index in [0.717, 1.165) is 25.7 Å². The van der Waals surface area contributed by atoms with Gasteiger partial charge in [0.25, 0.3) is 10.0 Å². The number of halogens is 1. The third-order valence-corrected chi connectivity index (χ3v) is 6.05. The topological polar surface area (TPSA) is 64.0 Å². The second kappa shape index (κ2) is 4.94. The zero-order chi connectivity index (χ0) is 13.4. The van der Waals surface area contributed by atoms with Crippen LogP contribution in [-0.2, 0) is 17.1 Å². The van der Waals surface area contributed by atoms with Crippen LogP contribution in [0.15, 0.2) is 11.2 Å². The van der Waals surface area contributed by atoms with E-state index in [2.05, 4.69) is 25.6 Å². The Morgan fingerprint density at radius 2 is 2.11 bits per heavy atom. The molecule has 0 amide bonds. The lowest BCUT2D eigenvalue weighted by Crippen LogP contribution is -2.47. The Bertz CT molecular complexity index is 513. The molecule has 1 aliphatic carbocycles. The van der Waals surface area contributed by atoms with Gasteiger partial charge in [-0.1, -0.05) is 28.8 Å². The van der Waals surface area contributed by atoms with Gasteiger partial charge in [0.1, 0.15) is 5.82 Å². The average Bonchev–Trinajstić information content (AvgIpc) is 2.88. The molecular formula is C11H18BrN3O2S. The molecule has 1 heterocycles. The zero-order valence-corrected chi connectivity index (χ0v) is 13.0. The normalized spacial score (nSPS) is 19.3. The van der Waals surface area contributed by atoms with E-state index >= 15 is 0 Å². The van der Waals surface area contributed by atoms with Gasteiger partial charge < -0.3 is 4.57 Å². The molecule has 1 saturated carbocycles. The van der Waals surface area contributed by atoms with Crippen LogP contribution in [-0.4, -0.2) is 28.8 Å². The molecule has 0 unspecified atom stereocenters. The highest BCUT2D eigenvalue weighted by atomic mass is 79.9. The molecule has 7 heteroatoms. The maximum atomic E-state index is 12.3. The van der Waals surface area contributed by atoms with Crippen LogP contribution < -0.4 is 4.72 Å². The van der Waals surface area contributed by atoms with Gasteiger partial charge in [-0.25, -0.2) is 18.1 Å². The van der Waals surface area contributed by atoms with Crippen LogP contribution in [0.3, 0.4) is 0 Å². The smallest absolute Gasteiger partial charge is 0.260 e. The number of imidazole rings is 1. The summed E-state index contributed by atoms with van der Waals surface area (Å²) in [4.78, 5) is 4.09. The van der Waals surface area contributed by atoms with E-state index in [4.69, 9.17) is 0 Å². The van der Waals surface area contributed by atoms with Gasteiger partial charge >= 0.3 is 0 Å². The Morgan fingerprint density at radius 1 is 1.50 bits per heavy atom. The van der Waals surface area contributed by atoms with Gasteiger partial charge in [0.15, 0.2) is 5.03 Å². The molecule has 1 fully saturated rings. The van der Waals surface area contributed by atoms with Crippen molar-refractivity contribution in [2.45, 2.75) is 43.2 Å². The molecule has 0 atom stereocenters. The van der Waals surface area contributed by atoms with Crippen molar-refractivity contribution in [3.63, 3.8) is 0 Å². The molecule has 1 aliphatic rings. The first-order valence-electron chi connectivity index (χ1n) is 5.98. The summed E-state index contributed by atoms with van der Waals surface area (Å²) in [5.41, 5.74) is -0.343. The number of hydrogen-bond acceptors (Lipinski definition) is 3. The molecule has 102 valence electrons. The van der Waals surface area contributed by atoms with Gasteiger partial charge in [0.05, 0.1) is 0 Å². The highest BCUT2D eigenvalue weighted by molar-refractivity contribution is 9.09. The van der Waals surface area contributed by atoms with E-state index in [1.807, 2.05) is 0 Å². The predicted octanol–water partition coefficient (Wildman–Crippen LogP) is 1.71. The number of nitrogens with zero attached hydrogens (tertiary/aromatic N) is 2. The lowest BCUT2D eigenvalue weighted by molar-refractivity contribution is 0.437. The van der Waals surface area contributed by atoms with Crippen LogP contribution >= 0.6 is 15.9 Å². The minimum Gasteiger partial charge on any atom is -0.337 e. The molecule has 1 N–H and O–H groups in total. The SMILES string of the molecule is Cc1nc(S(=O)(=O)NC2(CBr)CCCC2)cn1C. The minimum absolute atomic E-state index is 0.106. The van der Waals surface area contributed by atoms with E-state index in [1.54, 1.807) is 24.7 Å². The van der Waals surface area contributed by atoms with Crippen LogP contribution in [0, 0.1) is 6.92 Å². The molecule has 18 heavy (non-hydrogen) atoms. The number of aromatic nitrogens is 2. The second-order valence-electron chi connectivity index (χ2n) is 4.96.